The van der Waals surface area contributed by atoms with Gasteiger partial charge in [-0.25, -0.2) is 0 Å². The minimum Gasteiger partial charge on any atom is -0.327 e. The lowest BCUT2D eigenvalue weighted by atomic mass is 10.0. The van der Waals surface area contributed by atoms with Crippen molar-refractivity contribution in [2.24, 2.45) is 12.8 Å². The number of hydrogen-bond acceptors (Lipinski definition) is 4. The van der Waals surface area contributed by atoms with E-state index < -0.39 is 0 Å². The number of nitrogens with zero attached hydrogens (tertiary/aromatic N) is 3. The molecule has 0 bridgehead atoms. The summed E-state index contributed by atoms with van der Waals surface area (Å²) in [4.78, 5) is 5.34. The van der Waals surface area contributed by atoms with Crippen LogP contribution in [-0.2, 0) is 19.9 Å². The first-order valence-electron chi connectivity index (χ1n) is 6.20. The van der Waals surface area contributed by atoms with Crippen LogP contribution < -0.4 is 5.73 Å². The van der Waals surface area contributed by atoms with Crippen molar-refractivity contribution in [1.29, 1.82) is 0 Å². The van der Waals surface area contributed by atoms with Gasteiger partial charge in [-0.2, -0.15) is 5.10 Å². The monoisotopic (exact) mass is 264 g/mol. The quantitative estimate of drug-likeness (QED) is 0.898. The molecule has 1 unspecified atom stereocenters. The predicted molar refractivity (Wildman–Crippen MR) is 74.8 cm³/mol. The van der Waals surface area contributed by atoms with Crippen LogP contribution in [0.15, 0.2) is 11.7 Å². The number of aryl methyl sites for hydroxylation is 2. The third-order valence-corrected chi connectivity index (χ3v) is 4.17. The van der Waals surface area contributed by atoms with Crippen LogP contribution in [0.4, 0.5) is 0 Å². The lowest BCUT2D eigenvalue weighted by Gasteiger charge is -2.10. The summed E-state index contributed by atoms with van der Waals surface area (Å²) >= 11 is 1.68. The van der Waals surface area contributed by atoms with Crippen molar-refractivity contribution in [1.82, 2.24) is 14.8 Å². The van der Waals surface area contributed by atoms with Gasteiger partial charge in [0.15, 0.2) is 0 Å². The highest BCUT2D eigenvalue weighted by atomic mass is 32.1. The Morgan fingerprint density at radius 1 is 1.44 bits per heavy atom. The molecule has 0 spiro atoms. The maximum atomic E-state index is 6.17. The Bertz CT molecular complexity index is 501. The predicted octanol–water partition coefficient (Wildman–Crippen LogP) is 2.00. The molecule has 2 rings (SSSR count). The Morgan fingerprint density at radius 2 is 2.22 bits per heavy atom. The molecule has 0 saturated carbocycles. The highest BCUT2D eigenvalue weighted by molar-refractivity contribution is 7.09. The van der Waals surface area contributed by atoms with E-state index in [0.29, 0.717) is 0 Å². The van der Waals surface area contributed by atoms with Crippen LogP contribution in [-0.4, -0.2) is 20.8 Å². The molecule has 5 heteroatoms. The average Bonchev–Trinajstić information content (AvgIpc) is 2.88. The zero-order valence-corrected chi connectivity index (χ0v) is 12.0. The van der Waals surface area contributed by atoms with Crippen molar-refractivity contribution in [3.63, 3.8) is 0 Å². The van der Waals surface area contributed by atoms with Crippen LogP contribution in [0.25, 0.3) is 0 Å². The topological polar surface area (TPSA) is 56.7 Å². The van der Waals surface area contributed by atoms with Gasteiger partial charge in [-0.15, -0.1) is 11.3 Å². The molecule has 98 valence electrons. The third kappa shape index (κ3) is 2.97. The van der Waals surface area contributed by atoms with Crippen LogP contribution in [0, 0.1) is 13.8 Å². The summed E-state index contributed by atoms with van der Waals surface area (Å²) in [6, 6.07) is 0.199. The van der Waals surface area contributed by atoms with Gasteiger partial charge in [0.05, 0.1) is 11.2 Å². The highest BCUT2D eigenvalue weighted by Gasteiger charge is 2.12. The van der Waals surface area contributed by atoms with Crippen LogP contribution in [0.2, 0.25) is 0 Å². The molecule has 2 heterocycles. The van der Waals surface area contributed by atoms with E-state index in [9.17, 15) is 0 Å². The number of thiazole rings is 1. The number of rotatable bonds is 5. The molecule has 0 aliphatic rings. The SMILES string of the molecule is Cc1nn(C)c(C)c1CCC(N)Cc1cncs1. The molecule has 0 radical (unpaired) electrons. The Hall–Kier alpha value is -1.20. The van der Waals surface area contributed by atoms with Gasteiger partial charge in [0.1, 0.15) is 0 Å². The second-order valence-corrected chi connectivity index (χ2v) is 5.71. The fraction of sp³-hybridized carbons (Fsp3) is 0.538. The zero-order chi connectivity index (χ0) is 13.1. The van der Waals surface area contributed by atoms with Gasteiger partial charge in [-0.1, -0.05) is 0 Å². The first-order chi connectivity index (χ1) is 8.58. The Kier molecular flexibility index (Phi) is 4.14. The summed E-state index contributed by atoms with van der Waals surface area (Å²) in [6.07, 6.45) is 4.82. The molecule has 2 aromatic heterocycles. The minimum absolute atomic E-state index is 0.199. The van der Waals surface area contributed by atoms with E-state index in [4.69, 9.17) is 5.73 Å². The summed E-state index contributed by atoms with van der Waals surface area (Å²) in [5.41, 5.74) is 11.7. The van der Waals surface area contributed by atoms with E-state index in [-0.39, 0.29) is 6.04 Å². The summed E-state index contributed by atoms with van der Waals surface area (Å²) in [5, 5.41) is 4.43. The molecule has 0 fully saturated rings. The summed E-state index contributed by atoms with van der Waals surface area (Å²) in [5.74, 6) is 0. The number of nitrogens with two attached hydrogens (primary N) is 1. The molecule has 18 heavy (non-hydrogen) atoms. The van der Waals surface area contributed by atoms with E-state index >= 15 is 0 Å². The Morgan fingerprint density at radius 3 is 2.78 bits per heavy atom. The van der Waals surface area contributed by atoms with E-state index in [2.05, 4.69) is 23.9 Å². The number of aromatic nitrogens is 3. The second kappa shape index (κ2) is 5.63. The summed E-state index contributed by atoms with van der Waals surface area (Å²) in [7, 11) is 1.99. The van der Waals surface area contributed by atoms with Crippen molar-refractivity contribution >= 4 is 11.3 Å². The zero-order valence-electron chi connectivity index (χ0n) is 11.2. The van der Waals surface area contributed by atoms with Gasteiger partial charge in [0.2, 0.25) is 0 Å². The fourth-order valence-corrected chi connectivity index (χ4v) is 2.90. The van der Waals surface area contributed by atoms with Crippen molar-refractivity contribution < 1.29 is 0 Å². The van der Waals surface area contributed by atoms with Gasteiger partial charge >= 0.3 is 0 Å². The molecule has 1 atom stereocenters. The first kappa shape index (κ1) is 13.2. The van der Waals surface area contributed by atoms with Gasteiger partial charge in [0.25, 0.3) is 0 Å². The molecule has 2 N–H and O–H groups in total. The largest absolute Gasteiger partial charge is 0.327 e. The van der Waals surface area contributed by atoms with Gasteiger partial charge < -0.3 is 5.73 Å². The third-order valence-electron chi connectivity index (χ3n) is 3.37. The molecular formula is C13H20N4S. The second-order valence-electron chi connectivity index (χ2n) is 4.74. The molecule has 2 aromatic rings. The Balaban J connectivity index is 1.91. The lowest BCUT2D eigenvalue weighted by molar-refractivity contribution is 0.611. The average molecular weight is 264 g/mol. The van der Waals surface area contributed by atoms with E-state index in [1.165, 1.54) is 16.1 Å². The first-order valence-corrected chi connectivity index (χ1v) is 7.08. The van der Waals surface area contributed by atoms with Crippen LogP contribution in [0.5, 0.6) is 0 Å². The van der Waals surface area contributed by atoms with Crippen LogP contribution in [0.3, 0.4) is 0 Å². The van der Waals surface area contributed by atoms with Crippen molar-refractivity contribution in [2.45, 2.75) is 39.2 Å². The summed E-state index contributed by atoms with van der Waals surface area (Å²) in [6.45, 7) is 4.18. The van der Waals surface area contributed by atoms with Crippen molar-refractivity contribution in [3.8, 4) is 0 Å². The molecule has 0 amide bonds. The van der Waals surface area contributed by atoms with E-state index in [1.807, 2.05) is 23.4 Å². The molecule has 0 aliphatic carbocycles. The molecular weight excluding hydrogens is 244 g/mol. The van der Waals surface area contributed by atoms with Crippen molar-refractivity contribution in [3.05, 3.63) is 33.5 Å². The van der Waals surface area contributed by atoms with Gasteiger partial charge in [0, 0.05) is 29.9 Å². The molecule has 0 saturated heterocycles. The number of hydrogen-bond donors (Lipinski definition) is 1. The van der Waals surface area contributed by atoms with Crippen LogP contribution in [0.1, 0.15) is 28.2 Å². The standard InChI is InChI=1S/C13H20N4S/c1-9-13(10(2)17(3)16-9)5-4-11(14)6-12-7-15-8-18-12/h7-8,11H,4-6,14H2,1-3H3. The minimum atomic E-state index is 0.199. The molecule has 0 aromatic carbocycles. The maximum Gasteiger partial charge on any atom is 0.0794 e. The normalized spacial score (nSPS) is 12.9. The van der Waals surface area contributed by atoms with Crippen molar-refractivity contribution in [2.75, 3.05) is 0 Å². The van der Waals surface area contributed by atoms with E-state index in [0.717, 1.165) is 25.0 Å². The van der Waals surface area contributed by atoms with Crippen LogP contribution >= 0.6 is 11.3 Å². The summed E-state index contributed by atoms with van der Waals surface area (Å²) < 4.78 is 1.94. The molecule has 4 nitrogen and oxygen atoms in total. The fourth-order valence-electron chi connectivity index (χ4n) is 2.21. The highest BCUT2D eigenvalue weighted by Crippen LogP contribution is 2.16. The van der Waals surface area contributed by atoms with E-state index in [1.54, 1.807) is 11.3 Å². The lowest BCUT2D eigenvalue weighted by Crippen LogP contribution is -2.23. The maximum absolute atomic E-state index is 6.17. The Labute approximate surface area is 112 Å². The van der Waals surface area contributed by atoms with Gasteiger partial charge in [-0.3, -0.25) is 9.67 Å². The van der Waals surface area contributed by atoms with Gasteiger partial charge in [-0.05, 0) is 38.7 Å². The smallest absolute Gasteiger partial charge is 0.0794 e. The molecule has 0 aliphatic heterocycles.